The Morgan fingerprint density at radius 3 is 2.57 bits per heavy atom. The highest BCUT2D eigenvalue weighted by atomic mass is 16.7. The molecule has 0 radical (unpaired) electrons. The fraction of sp³-hybridized carbons (Fsp3) is 0.632. The molecule has 2 aliphatic heterocycles. The zero-order chi connectivity index (χ0) is 16.0. The molecule has 4 heteroatoms. The molecule has 1 aromatic rings. The first kappa shape index (κ1) is 14.9. The van der Waals surface area contributed by atoms with Gasteiger partial charge in [0.1, 0.15) is 0 Å². The van der Waals surface area contributed by atoms with Gasteiger partial charge in [-0.1, -0.05) is 33.1 Å². The SMILES string of the molecule is CCCC(CC)CCN1C(=O)c2cc3c(cc2C12CC2)OCO3. The Kier molecular flexibility index (Phi) is 3.51. The zero-order valence-electron chi connectivity index (χ0n) is 14.1. The summed E-state index contributed by atoms with van der Waals surface area (Å²) in [5.74, 6) is 2.42. The van der Waals surface area contributed by atoms with E-state index in [0.717, 1.165) is 48.6 Å². The molecule has 1 aromatic carbocycles. The van der Waals surface area contributed by atoms with E-state index in [-0.39, 0.29) is 18.2 Å². The van der Waals surface area contributed by atoms with Crippen LogP contribution in [0.1, 0.15) is 68.3 Å². The highest BCUT2D eigenvalue weighted by Gasteiger charge is 2.58. The highest BCUT2D eigenvalue weighted by Crippen LogP contribution is 2.58. The van der Waals surface area contributed by atoms with Crippen molar-refractivity contribution in [2.24, 2.45) is 5.92 Å². The molecule has 1 amide bonds. The largest absolute Gasteiger partial charge is 0.454 e. The Balaban J connectivity index is 1.58. The van der Waals surface area contributed by atoms with Crippen molar-refractivity contribution in [2.75, 3.05) is 13.3 Å². The van der Waals surface area contributed by atoms with Crippen molar-refractivity contribution in [2.45, 2.75) is 57.9 Å². The van der Waals surface area contributed by atoms with E-state index in [9.17, 15) is 4.79 Å². The molecule has 3 aliphatic rings. The fourth-order valence-electron chi connectivity index (χ4n) is 4.23. The Morgan fingerprint density at radius 1 is 1.17 bits per heavy atom. The van der Waals surface area contributed by atoms with Crippen LogP contribution in [0.5, 0.6) is 11.5 Å². The van der Waals surface area contributed by atoms with E-state index in [0.29, 0.717) is 5.75 Å². The molecule has 1 saturated carbocycles. The van der Waals surface area contributed by atoms with Crippen LogP contribution in [0.15, 0.2) is 12.1 Å². The average molecular weight is 315 g/mol. The summed E-state index contributed by atoms with van der Waals surface area (Å²) in [6.45, 7) is 5.63. The Labute approximate surface area is 137 Å². The molecule has 1 fully saturated rings. The third-order valence-electron chi connectivity index (χ3n) is 5.77. The summed E-state index contributed by atoms with van der Waals surface area (Å²) in [4.78, 5) is 15.1. The molecule has 2 heterocycles. The molecular formula is C19H25NO3. The lowest BCUT2D eigenvalue weighted by atomic mass is 9.96. The summed E-state index contributed by atoms with van der Waals surface area (Å²) >= 11 is 0. The molecule has 124 valence electrons. The lowest BCUT2D eigenvalue weighted by Gasteiger charge is -2.27. The van der Waals surface area contributed by atoms with E-state index in [1.807, 2.05) is 12.1 Å². The van der Waals surface area contributed by atoms with Crippen LogP contribution < -0.4 is 9.47 Å². The van der Waals surface area contributed by atoms with E-state index >= 15 is 0 Å². The van der Waals surface area contributed by atoms with Gasteiger partial charge in [-0.25, -0.2) is 0 Å². The molecule has 1 atom stereocenters. The summed E-state index contributed by atoms with van der Waals surface area (Å²) in [7, 11) is 0. The number of hydrogen-bond donors (Lipinski definition) is 0. The molecule has 1 unspecified atom stereocenters. The van der Waals surface area contributed by atoms with Crippen molar-refractivity contribution in [1.29, 1.82) is 0 Å². The maximum Gasteiger partial charge on any atom is 0.255 e. The first-order chi connectivity index (χ1) is 11.2. The summed E-state index contributed by atoms with van der Waals surface area (Å²) in [5.41, 5.74) is 1.95. The van der Waals surface area contributed by atoms with E-state index in [1.54, 1.807) is 0 Å². The Morgan fingerprint density at radius 2 is 1.91 bits per heavy atom. The first-order valence-corrected chi connectivity index (χ1v) is 8.95. The Hall–Kier alpha value is -1.71. The van der Waals surface area contributed by atoms with Crippen molar-refractivity contribution in [3.63, 3.8) is 0 Å². The minimum absolute atomic E-state index is 0.0437. The van der Waals surface area contributed by atoms with Crippen molar-refractivity contribution >= 4 is 5.91 Å². The molecule has 1 aliphatic carbocycles. The van der Waals surface area contributed by atoms with Gasteiger partial charge < -0.3 is 14.4 Å². The van der Waals surface area contributed by atoms with Gasteiger partial charge in [0.15, 0.2) is 11.5 Å². The minimum atomic E-state index is -0.0437. The van der Waals surface area contributed by atoms with Crippen molar-refractivity contribution in [3.05, 3.63) is 23.3 Å². The van der Waals surface area contributed by atoms with Crippen LogP contribution in [-0.4, -0.2) is 24.1 Å². The van der Waals surface area contributed by atoms with Crippen LogP contribution in [-0.2, 0) is 5.54 Å². The second-order valence-corrected chi connectivity index (χ2v) is 7.09. The number of nitrogens with zero attached hydrogens (tertiary/aromatic N) is 1. The molecule has 0 N–H and O–H groups in total. The molecule has 0 bridgehead atoms. The zero-order valence-corrected chi connectivity index (χ0v) is 14.1. The minimum Gasteiger partial charge on any atom is -0.454 e. The van der Waals surface area contributed by atoms with Gasteiger partial charge in [0.25, 0.3) is 5.91 Å². The number of hydrogen-bond acceptors (Lipinski definition) is 3. The second-order valence-electron chi connectivity index (χ2n) is 7.09. The summed E-state index contributed by atoms with van der Waals surface area (Å²) in [6, 6.07) is 3.94. The Bertz CT molecular complexity index is 636. The van der Waals surface area contributed by atoms with Gasteiger partial charge in [-0.15, -0.1) is 0 Å². The molecule has 1 spiro atoms. The number of amides is 1. The lowest BCUT2D eigenvalue weighted by Crippen LogP contribution is -2.35. The monoisotopic (exact) mass is 315 g/mol. The van der Waals surface area contributed by atoms with Gasteiger partial charge in [0, 0.05) is 12.1 Å². The van der Waals surface area contributed by atoms with Gasteiger partial charge >= 0.3 is 0 Å². The molecule has 4 rings (SSSR count). The standard InChI is InChI=1S/C19H25NO3/c1-3-5-13(4-2)6-9-20-18(21)14-10-16-17(23-12-22-16)11-15(14)19(20)7-8-19/h10-11,13H,3-9,12H2,1-2H3. The average Bonchev–Trinajstić information content (AvgIpc) is 3.16. The third-order valence-corrected chi connectivity index (χ3v) is 5.77. The number of rotatable bonds is 6. The van der Waals surface area contributed by atoms with Gasteiger partial charge in [-0.05, 0) is 42.9 Å². The number of carbonyl (C=O) groups excluding carboxylic acids is 1. The van der Waals surface area contributed by atoms with Crippen LogP contribution in [0.4, 0.5) is 0 Å². The molecule has 0 aromatic heterocycles. The van der Waals surface area contributed by atoms with Gasteiger partial charge in [0.05, 0.1) is 5.54 Å². The lowest BCUT2D eigenvalue weighted by molar-refractivity contribution is 0.0685. The van der Waals surface area contributed by atoms with Crippen LogP contribution in [0, 0.1) is 5.92 Å². The van der Waals surface area contributed by atoms with Crippen molar-refractivity contribution < 1.29 is 14.3 Å². The highest BCUT2D eigenvalue weighted by molar-refractivity contribution is 6.01. The maximum absolute atomic E-state index is 12.9. The summed E-state index contributed by atoms with van der Waals surface area (Å²) in [6.07, 6.45) is 6.95. The predicted molar refractivity (Wildman–Crippen MR) is 87.8 cm³/mol. The fourth-order valence-corrected chi connectivity index (χ4v) is 4.23. The second kappa shape index (κ2) is 5.43. The normalized spacial score (nSPS) is 21.0. The van der Waals surface area contributed by atoms with Gasteiger partial charge in [-0.3, -0.25) is 4.79 Å². The molecule has 23 heavy (non-hydrogen) atoms. The predicted octanol–water partition coefficient (Wildman–Crippen LogP) is 4.08. The van der Waals surface area contributed by atoms with Crippen LogP contribution in [0.3, 0.4) is 0 Å². The number of carbonyl (C=O) groups is 1. The quantitative estimate of drug-likeness (QED) is 0.794. The molecule has 0 saturated heterocycles. The number of ether oxygens (including phenoxy) is 2. The first-order valence-electron chi connectivity index (χ1n) is 8.95. The van der Waals surface area contributed by atoms with E-state index in [2.05, 4.69) is 18.7 Å². The van der Waals surface area contributed by atoms with Crippen LogP contribution in [0.2, 0.25) is 0 Å². The van der Waals surface area contributed by atoms with Crippen LogP contribution >= 0.6 is 0 Å². The molecular weight excluding hydrogens is 290 g/mol. The maximum atomic E-state index is 12.9. The van der Waals surface area contributed by atoms with Crippen LogP contribution in [0.25, 0.3) is 0 Å². The number of benzene rings is 1. The van der Waals surface area contributed by atoms with E-state index < -0.39 is 0 Å². The van der Waals surface area contributed by atoms with E-state index in [1.165, 1.54) is 19.3 Å². The molecule has 4 nitrogen and oxygen atoms in total. The summed E-state index contributed by atoms with van der Waals surface area (Å²) in [5, 5.41) is 0. The topological polar surface area (TPSA) is 38.8 Å². The smallest absolute Gasteiger partial charge is 0.255 e. The van der Waals surface area contributed by atoms with Gasteiger partial charge in [0.2, 0.25) is 6.79 Å². The van der Waals surface area contributed by atoms with E-state index in [4.69, 9.17) is 9.47 Å². The van der Waals surface area contributed by atoms with Crippen molar-refractivity contribution in [1.82, 2.24) is 4.90 Å². The number of fused-ring (bicyclic) bond motifs is 3. The van der Waals surface area contributed by atoms with Gasteiger partial charge in [-0.2, -0.15) is 0 Å². The van der Waals surface area contributed by atoms with Crippen molar-refractivity contribution in [3.8, 4) is 11.5 Å². The third kappa shape index (κ3) is 2.22. The summed E-state index contributed by atoms with van der Waals surface area (Å²) < 4.78 is 11.0.